The molecular weight excluding hydrogens is 470 g/mol. The number of hydrogen-bond donors (Lipinski definition) is 3. The molecule has 0 aromatic rings. The zero-order valence-electron chi connectivity index (χ0n) is 21.5. The minimum absolute atomic E-state index is 0.0749. The van der Waals surface area contributed by atoms with Crippen LogP contribution in [0.25, 0.3) is 0 Å². The molecule has 198 valence electrons. The van der Waals surface area contributed by atoms with Crippen LogP contribution in [0.2, 0.25) is 0 Å². The zero-order chi connectivity index (χ0) is 26.4. The molecule has 10 nitrogen and oxygen atoms in total. The Kier molecular flexibility index (Phi) is 8.70. The molecule has 3 amide bonds. The van der Waals surface area contributed by atoms with E-state index in [2.05, 4.69) is 27.8 Å². The van der Waals surface area contributed by atoms with E-state index < -0.39 is 12.1 Å². The molecule has 1 saturated heterocycles. The van der Waals surface area contributed by atoms with E-state index in [0.29, 0.717) is 25.0 Å². The number of fused-ring (bicyclic) bond motifs is 1. The number of carbonyl (C=O) groups is 3. The lowest BCUT2D eigenvalue weighted by Crippen LogP contribution is -2.41. The molecular formula is C27H37N7O3. The summed E-state index contributed by atoms with van der Waals surface area (Å²) in [5, 5.41) is 11.1. The van der Waals surface area contributed by atoms with Gasteiger partial charge >= 0.3 is 0 Å². The Morgan fingerprint density at radius 3 is 2.46 bits per heavy atom. The van der Waals surface area contributed by atoms with E-state index in [0.717, 1.165) is 56.3 Å². The van der Waals surface area contributed by atoms with E-state index in [1.165, 1.54) is 16.0 Å². The number of nitrogens with two attached hydrogens (primary N) is 2. The molecule has 0 spiro atoms. The maximum absolute atomic E-state index is 13.3. The first-order valence-corrected chi connectivity index (χ1v) is 13.1. The topological polar surface area (TPSA) is 146 Å². The molecule has 4 aliphatic rings. The Morgan fingerprint density at radius 1 is 1.05 bits per heavy atom. The summed E-state index contributed by atoms with van der Waals surface area (Å²) in [6.45, 7) is 3.97. The third kappa shape index (κ3) is 6.43. The van der Waals surface area contributed by atoms with Crippen molar-refractivity contribution in [1.82, 2.24) is 15.1 Å². The van der Waals surface area contributed by atoms with Gasteiger partial charge in [-0.05, 0) is 61.3 Å². The lowest BCUT2D eigenvalue weighted by atomic mass is 9.84. The second-order valence-corrected chi connectivity index (χ2v) is 9.98. The monoisotopic (exact) mass is 507 g/mol. The van der Waals surface area contributed by atoms with Gasteiger partial charge in [0.1, 0.15) is 6.17 Å². The molecule has 4 rings (SSSR count). The van der Waals surface area contributed by atoms with Crippen LogP contribution in [-0.2, 0) is 14.4 Å². The van der Waals surface area contributed by atoms with E-state index in [1.54, 1.807) is 0 Å². The third-order valence-corrected chi connectivity index (χ3v) is 7.29. The Morgan fingerprint density at radius 2 is 1.81 bits per heavy atom. The van der Waals surface area contributed by atoms with Gasteiger partial charge in [0, 0.05) is 43.2 Å². The first kappa shape index (κ1) is 26.5. The van der Waals surface area contributed by atoms with Crippen LogP contribution in [0.5, 0.6) is 0 Å². The van der Waals surface area contributed by atoms with Crippen molar-refractivity contribution in [3.63, 3.8) is 0 Å². The second kappa shape index (κ2) is 12.1. The summed E-state index contributed by atoms with van der Waals surface area (Å²) in [6.07, 6.45) is 15.0. The number of hydrogen-bond acceptors (Lipinski definition) is 6. The first-order chi connectivity index (χ1) is 17.9. The molecule has 10 heteroatoms. The molecule has 0 aromatic carbocycles. The van der Waals surface area contributed by atoms with E-state index in [-0.39, 0.29) is 24.4 Å². The van der Waals surface area contributed by atoms with Crippen LogP contribution < -0.4 is 16.9 Å². The summed E-state index contributed by atoms with van der Waals surface area (Å²) in [5.74, 6) is 4.76. The predicted molar refractivity (Wildman–Crippen MR) is 141 cm³/mol. The Hall–Kier alpha value is -3.53. The number of nitrogens with zero attached hydrogens (tertiary/aromatic N) is 4. The number of primary amides is 1. The molecule has 2 atom stereocenters. The smallest absolute Gasteiger partial charge is 0.250 e. The first-order valence-electron chi connectivity index (χ1n) is 13.1. The summed E-state index contributed by atoms with van der Waals surface area (Å²) in [6, 6.07) is -0.0749. The minimum Gasteiger partial charge on any atom is -0.368 e. The highest BCUT2D eigenvalue weighted by Gasteiger charge is 2.31. The van der Waals surface area contributed by atoms with E-state index in [9.17, 15) is 14.4 Å². The van der Waals surface area contributed by atoms with E-state index in [4.69, 9.17) is 11.6 Å². The highest BCUT2D eigenvalue weighted by Crippen LogP contribution is 2.34. The average molecular weight is 508 g/mol. The van der Waals surface area contributed by atoms with Crippen LogP contribution in [-0.4, -0.2) is 65.9 Å². The van der Waals surface area contributed by atoms with Gasteiger partial charge < -0.3 is 21.4 Å². The van der Waals surface area contributed by atoms with E-state index >= 15 is 0 Å². The molecule has 37 heavy (non-hydrogen) atoms. The van der Waals surface area contributed by atoms with Crippen molar-refractivity contribution in [3.05, 3.63) is 58.2 Å². The predicted octanol–water partition coefficient (Wildman–Crippen LogP) is 2.18. The van der Waals surface area contributed by atoms with Crippen molar-refractivity contribution in [2.45, 2.75) is 64.1 Å². The summed E-state index contributed by atoms with van der Waals surface area (Å²) < 4.78 is 0. The SMILES string of the molecule is CCCN(CC(N)=O)C(=O)C1=CC2=CC=C(C3=CC=C(C(=O)N4CCCC4)CC3)CC2NC(N=NN)C1. The number of amides is 3. The standard InChI is InChI=1S/C27H37N7O3/c1-2-11-34(17-24(28)35)27(37)22-14-21-10-9-20(15-23(21)30-25(16-22)31-32-29)18-5-7-19(8-6-18)26(36)33-12-3-4-13-33/h5,7,9-10,14,23,25,30H,2-4,6,8,11-13,15-17H2,1H3,(H2,28,35)(H2,29,31). The van der Waals surface area contributed by atoms with Crippen molar-refractivity contribution in [2.24, 2.45) is 21.9 Å². The fraction of sp³-hybridized carbons (Fsp3) is 0.519. The summed E-state index contributed by atoms with van der Waals surface area (Å²) in [7, 11) is 0. The van der Waals surface area contributed by atoms with Crippen LogP contribution in [0, 0.1) is 0 Å². The molecule has 1 fully saturated rings. The molecule has 0 bridgehead atoms. The summed E-state index contributed by atoms with van der Waals surface area (Å²) in [4.78, 5) is 41.0. The van der Waals surface area contributed by atoms with Gasteiger partial charge in [0.05, 0.1) is 6.54 Å². The normalized spacial score (nSPS) is 23.8. The van der Waals surface area contributed by atoms with Crippen LogP contribution in [0.3, 0.4) is 0 Å². The summed E-state index contributed by atoms with van der Waals surface area (Å²) in [5.41, 5.74) is 10.2. The number of carbonyl (C=O) groups excluding carboxylic acids is 3. The molecule has 2 heterocycles. The van der Waals surface area contributed by atoms with Gasteiger partial charge in [-0.3, -0.25) is 19.7 Å². The molecule has 5 N–H and O–H groups in total. The molecule has 0 radical (unpaired) electrons. The lowest BCUT2D eigenvalue weighted by molar-refractivity contribution is -0.132. The second-order valence-electron chi connectivity index (χ2n) is 9.98. The van der Waals surface area contributed by atoms with Crippen molar-refractivity contribution < 1.29 is 14.4 Å². The Bertz CT molecular complexity index is 1110. The van der Waals surface area contributed by atoms with Crippen molar-refractivity contribution >= 4 is 17.7 Å². The maximum Gasteiger partial charge on any atom is 0.250 e. The molecule has 2 aliphatic heterocycles. The highest BCUT2D eigenvalue weighted by atomic mass is 16.2. The Balaban J connectivity index is 1.56. The summed E-state index contributed by atoms with van der Waals surface area (Å²) >= 11 is 0. The molecule has 2 aliphatic carbocycles. The molecule has 0 saturated carbocycles. The van der Waals surface area contributed by atoms with Crippen LogP contribution in [0.1, 0.15) is 51.9 Å². The zero-order valence-corrected chi connectivity index (χ0v) is 21.5. The number of rotatable bonds is 8. The fourth-order valence-electron chi connectivity index (χ4n) is 5.44. The van der Waals surface area contributed by atoms with Gasteiger partial charge in [0.25, 0.3) is 0 Å². The van der Waals surface area contributed by atoms with Gasteiger partial charge in [-0.15, -0.1) is 0 Å². The molecule has 0 aromatic heterocycles. The number of likely N-dealkylation sites (tertiary alicyclic amines) is 1. The fourth-order valence-corrected chi connectivity index (χ4v) is 5.44. The molecule has 2 unspecified atom stereocenters. The van der Waals surface area contributed by atoms with Crippen molar-refractivity contribution in [3.8, 4) is 0 Å². The number of nitrogens with one attached hydrogen (secondary N) is 1. The van der Waals surface area contributed by atoms with Gasteiger partial charge in [0.2, 0.25) is 17.7 Å². The lowest BCUT2D eigenvalue weighted by Gasteiger charge is -2.27. The number of allylic oxidation sites excluding steroid dienone is 5. The van der Waals surface area contributed by atoms with E-state index in [1.807, 2.05) is 30.1 Å². The van der Waals surface area contributed by atoms with Gasteiger partial charge in [0.15, 0.2) is 0 Å². The average Bonchev–Trinajstić information content (AvgIpc) is 3.36. The minimum atomic E-state index is -0.547. The van der Waals surface area contributed by atoms with Crippen LogP contribution in [0.4, 0.5) is 0 Å². The van der Waals surface area contributed by atoms with Gasteiger partial charge in [-0.1, -0.05) is 36.5 Å². The third-order valence-electron chi connectivity index (χ3n) is 7.29. The largest absolute Gasteiger partial charge is 0.368 e. The Labute approximate surface area is 217 Å². The van der Waals surface area contributed by atoms with Crippen molar-refractivity contribution in [1.29, 1.82) is 0 Å². The highest BCUT2D eigenvalue weighted by molar-refractivity contribution is 5.96. The maximum atomic E-state index is 13.3. The van der Waals surface area contributed by atoms with Gasteiger partial charge in [-0.25, -0.2) is 0 Å². The van der Waals surface area contributed by atoms with Crippen LogP contribution in [0.15, 0.2) is 68.6 Å². The van der Waals surface area contributed by atoms with Crippen LogP contribution >= 0.6 is 0 Å². The quantitative estimate of drug-likeness (QED) is 0.262. The van der Waals surface area contributed by atoms with Gasteiger partial charge in [-0.2, -0.15) is 5.11 Å². The van der Waals surface area contributed by atoms with Crippen molar-refractivity contribution in [2.75, 3.05) is 26.2 Å².